The first-order valence-electron chi connectivity index (χ1n) is 7.56. The van der Waals surface area contributed by atoms with Crippen LogP contribution in [-0.4, -0.2) is 40.4 Å². The Labute approximate surface area is 139 Å². The molecule has 0 spiro atoms. The molecule has 0 aliphatic carbocycles. The summed E-state index contributed by atoms with van der Waals surface area (Å²) in [6, 6.07) is 14.3. The van der Waals surface area contributed by atoms with E-state index in [1.807, 2.05) is 28.8 Å². The lowest BCUT2D eigenvalue weighted by atomic mass is 10.2. The van der Waals surface area contributed by atoms with Crippen LogP contribution in [-0.2, 0) is 11.3 Å². The number of rotatable bonds is 6. The highest BCUT2D eigenvalue weighted by Gasteiger charge is 2.10. The fourth-order valence-corrected chi connectivity index (χ4v) is 2.43. The molecule has 1 N–H and O–H groups in total. The molecule has 0 aliphatic rings. The Morgan fingerprint density at radius 1 is 1.21 bits per heavy atom. The van der Waals surface area contributed by atoms with Crippen molar-refractivity contribution in [2.45, 2.75) is 12.6 Å². The number of hydrogen-bond donors (Lipinski definition) is 1. The highest BCUT2D eigenvalue weighted by Crippen LogP contribution is 2.15. The van der Waals surface area contributed by atoms with Gasteiger partial charge in [0.25, 0.3) is 0 Å². The number of nitrogens with zero attached hydrogens (tertiary/aromatic N) is 2. The minimum absolute atomic E-state index is 0.143. The molecule has 1 aromatic heterocycles. The molecule has 0 saturated carbocycles. The molecule has 3 aromatic rings. The van der Waals surface area contributed by atoms with Crippen molar-refractivity contribution >= 4 is 17.0 Å². The van der Waals surface area contributed by atoms with Crippen LogP contribution in [0.2, 0.25) is 0 Å². The molecule has 0 saturated heterocycles. The van der Waals surface area contributed by atoms with Gasteiger partial charge >= 0.3 is 5.97 Å². The van der Waals surface area contributed by atoms with E-state index in [1.54, 1.807) is 30.6 Å². The van der Waals surface area contributed by atoms with E-state index in [-0.39, 0.29) is 6.61 Å². The molecule has 6 heteroatoms. The van der Waals surface area contributed by atoms with Gasteiger partial charge in [0.05, 0.1) is 36.6 Å². The van der Waals surface area contributed by atoms with Gasteiger partial charge in [0.15, 0.2) is 0 Å². The lowest BCUT2D eigenvalue weighted by molar-refractivity contribution is 0.0600. The van der Waals surface area contributed by atoms with Crippen LogP contribution in [0.1, 0.15) is 10.4 Å². The summed E-state index contributed by atoms with van der Waals surface area (Å²) >= 11 is 0. The number of aromatic nitrogens is 2. The summed E-state index contributed by atoms with van der Waals surface area (Å²) < 4.78 is 12.1. The molecule has 1 unspecified atom stereocenters. The third-order valence-electron chi connectivity index (χ3n) is 3.65. The number of benzene rings is 2. The summed E-state index contributed by atoms with van der Waals surface area (Å²) in [5.74, 6) is 0.186. The van der Waals surface area contributed by atoms with Crippen LogP contribution in [0, 0.1) is 0 Å². The van der Waals surface area contributed by atoms with Gasteiger partial charge < -0.3 is 19.1 Å². The summed E-state index contributed by atoms with van der Waals surface area (Å²) in [6.07, 6.45) is 1.03. The third-order valence-corrected chi connectivity index (χ3v) is 3.65. The molecular weight excluding hydrogens is 308 g/mol. The number of aliphatic hydroxyl groups is 1. The molecule has 6 nitrogen and oxygen atoms in total. The van der Waals surface area contributed by atoms with Gasteiger partial charge in [0.2, 0.25) is 0 Å². The summed E-state index contributed by atoms with van der Waals surface area (Å²) in [6.45, 7) is 0.533. The number of ether oxygens (including phenoxy) is 2. The van der Waals surface area contributed by atoms with Crippen LogP contribution < -0.4 is 4.74 Å². The van der Waals surface area contributed by atoms with Gasteiger partial charge in [-0.15, -0.1) is 0 Å². The minimum atomic E-state index is -0.678. The molecule has 0 amide bonds. The van der Waals surface area contributed by atoms with Gasteiger partial charge in [-0.2, -0.15) is 0 Å². The quantitative estimate of drug-likeness (QED) is 0.703. The Bertz CT molecular complexity index is 826. The number of carbonyl (C=O) groups excluding carboxylic acids is 1. The first kappa shape index (κ1) is 16.0. The normalized spacial score (nSPS) is 12.1. The van der Waals surface area contributed by atoms with E-state index in [0.717, 1.165) is 11.0 Å². The van der Waals surface area contributed by atoms with Gasteiger partial charge in [-0.3, -0.25) is 0 Å². The van der Waals surface area contributed by atoms with Crippen molar-refractivity contribution in [1.82, 2.24) is 9.55 Å². The fourth-order valence-electron chi connectivity index (χ4n) is 2.43. The zero-order valence-corrected chi connectivity index (χ0v) is 13.3. The Morgan fingerprint density at radius 2 is 1.96 bits per heavy atom. The Morgan fingerprint density at radius 3 is 2.71 bits per heavy atom. The Hall–Kier alpha value is -2.86. The van der Waals surface area contributed by atoms with Gasteiger partial charge in [0.1, 0.15) is 18.5 Å². The smallest absolute Gasteiger partial charge is 0.337 e. The zero-order chi connectivity index (χ0) is 16.9. The fraction of sp³-hybridized carbons (Fsp3) is 0.222. The lowest BCUT2D eigenvalue weighted by Gasteiger charge is -2.13. The molecule has 24 heavy (non-hydrogen) atoms. The van der Waals surface area contributed by atoms with E-state index < -0.39 is 12.1 Å². The number of imidazole rings is 1. The second kappa shape index (κ2) is 7.14. The van der Waals surface area contributed by atoms with Crippen LogP contribution in [0.5, 0.6) is 5.75 Å². The number of methoxy groups -OCH3 is 1. The number of esters is 1. The van der Waals surface area contributed by atoms with E-state index in [2.05, 4.69) is 9.72 Å². The van der Waals surface area contributed by atoms with Crippen molar-refractivity contribution in [2.24, 2.45) is 0 Å². The van der Waals surface area contributed by atoms with E-state index in [0.29, 0.717) is 17.9 Å². The monoisotopic (exact) mass is 326 g/mol. The molecule has 124 valence electrons. The molecule has 1 heterocycles. The maximum Gasteiger partial charge on any atom is 0.337 e. The van der Waals surface area contributed by atoms with Gasteiger partial charge in [0, 0.05) is 0 Å². The zero-order valence-electron chi connectivity index (χ0n) is 13.3. The minimum Gasteiger partial charge on any atom is -0.491 e. The number of hydrogen-bond acceptors (Lipinski definition) is 5. The molecular formula is C18H18N2O4. The first-order chi connectivity index (χ1) is 11.7. The molecule has 0 bridgehead atoms. The van der Waals surface area contributed by atoms with E-state index >= 15 is 0 Å². The molecule has 0 aliphatic heterocycles. The largest absolute Gasteiger partial charge is 0.491 e. The lowest BCUT2D eigenvalue weighted by Crippen LogP contribution is -2.23. The van der Waals surface area contributed by atoms with Crippen molar-refractivity contribution < 1.29 is 19.4 Å². The standard InChI is InChI=1S/C18H18N2O4/c1-23-18(22)13-6-8-15(9-7-13)24-11-14(21)10-20-12-19-16-4-2-3-5-17(16)20/h2-9,12,14,21H,10-11H2,1H3. The average Bonchev–Trinajstić information content (AvgIpc) is 3.03. The molecule has 0 fully saturated rings. The van der Waals surface area contributed by atoms with Gasteiger partial charge in [-0.25, -0.2) is 9.78 Å². The van der Waals surface area contributed by atoms with Crippen molar-refractivity contribution in [2.75, 3.05) is 13.7 Å². The summed E-state index contributed by atoms with van der Waals surface area (Å²) in [4.78, 5) is 15.7. The number of fused-ring (bicyclic) bond motifs is 1. The van der Waals surface area contributed by atoms with Crippen molar-refractivity contribution in [3.05, 3.63) is 60.4 Å². The molecule has 2 aromatic carbocycles. The molecule has 0 radical (unpaired) electrons. The van der Waals surface area contributed by atoms with Crippen LogP contribution >= 0.6 is 0 Å². The third kappa shape index (κ3) is 3.55. The van der Waals surface area contributed by atoms with Gasteiger partial charge in [-0.1, -0.05) is 12.1 Å². The highest BCUT2D eigenvalue weighted by atomic mass is 16.5. The summed E-state index contributed by atoms with van der Waals surface area (Å²) in [5.41, 5.74) is 2.32. The maximum absolute atomic E-state index is 11.4. The van der Waals surface area contributed by atoms with Crippen LogP contribution in [0.3, 0.4) is 0 Å². The number of carbonyl (C=O) groups is 1. The van der Waals surface area contributed by atoms with Gasteiger partial charge in [-0.05, 0) is 36.4 Å². The summed E-state index contributed by atoms with van der Waals surface area (Å²) in [5, 5.41) is 10.2. The SMILES string of the molecule is COC(=O)c1ccc(OCC(O)Cn2cnc3ccccc32)cc1. The van der Waals surface area contributed by atoms with Crippen LogP contribution in [0.4, 0.5) is 0 Å². The second-order valence-corrected chi connectivity index (χ2v) is 5.37. The first-order valence-corrected chi connectivity index (χ1v) is 7.56. The van der Waals surface area contributed by atoms with Crippen LogP contribution in [0.15, 0.2) is 54.9 Å². The maximum atomic E-state index is 11.4. The predicted octanol–water partition coefficient (Wildman–Crippen LogP) is 2.26. The van der Waals surface area contributed by atoms with Crippen molar-refractivity contribution in [3.8, 4) is 5.75 Å². The summed E-state index contributed by atoms with van der Waals surface area (Å²) in [7, 11) is 1.34. The van der Waals surface area contributed by atoms with E-state index in [9.17, 15) is 9.90 Å². The Balaban J connectivity index is 1.57. The number of para-hydroxylation sites is 2. The highest BCUT2D eigenvalue weighted by molar-refractivity contribution is 5.89. The molecule has 3 rings (SSSR count). The molecule has 1 atom stereocenters. The topological polar surface area (TPSA) is 73.6 Å². The van der Waals surface area contributed by atoms with Crippen molar-refractivity contribution in [3.63, 3.8) is 0 Å². The Kier molecular flexibility index (Phi) is 4.77. The van der Waals surface area contributed by atoms with Crippen molar-refractivity contribution in [1.29, 1.82) is 0 Å². The van der Waals surface area contributed by atoms with E-state index in [1.165, 1.54) is 7.11 Å². The van der Waals surface area contributed by atoms with E-state index in [4.69, 9.17) is 4.74 Å². The van der Waals surface area contributed by atoms with Crippen LogP contribution in [0.25, 0.3) is 11.0 Å². The average molecular weight is 326 g/mol. The second-order valence-electron chi connectivity index (χ2n) is 5.37. The predicted molar refractivity (Wildman–Crippen MR) is 89.0 cm³/mol. The number of aliphatic hydroxyl groups excluding tert-OH is 1.